The molecular formula is C14H21N3O6. The van der Waals surface area contributed by atoms with Gasteiger partial charge in [-0.3, -0.25) is 19.3 Å². The van der Waals surface area contributed by atoms with Crippen molar-refractivity contribution < 1.29 is 28.6 Å². The van der Waals surface area contributed by atoms with Crippen LogP contribution in [-0.4, -0.2) is 66.1 Å². The summed E-state index contributed by atoms with van der Waals surface area (Å²) in [5.74, 6) is -0.266. The molecule has 0 unspecified atom stereocenters. The molecule has 2 heterocycles. The van der Waals surface area contributed by atoms with Gasteiger partial charge in [-0.15, -0.1) is 0 Å². The molecule has 0 radical (unpaired) electrons. The van der Waals surface area contributed by atoms with Crippen LogP contribution >= 0.6 is 0 Å². The molecule has 0 spiro atoms. The molecule has 1 aliphatic rings. The van der Waals surface area contributed by atoms with E-state index in [9.17, 15) is 9.59 Å². The van der Waals surface area contributed by atoms with E-state index in [-0.39, 0.29) is 36.2 Å². The number of likely N-dealkylation sites (N-methyl/N-ethyl adjacent to an activating group) is 1. The van der Waals surface area contributed by atoms with E-state index in [1.54, 1.807) is 0 Å². The molecule has 0 bridgehead atoms. The third kappa shape index (κ3) is 5.70. The lowest BCUT2D eigenvalue weighted by Crippen LogP contribution is -2.41. The Bertz CT molecular complexity index is 505. The Balaban J connectivity index is 0.000000816. The van der Waals surface area contributed by atoms with Gasteiger partial charge in [-0.2, -0.15) is 0 Å². The second kappa shape index (κ2) is 9.57. The Morgan fingerprint density at radius 3 is 2.74 bits per heavy atom. The molecule has 1 aliphatic heterocycles. The van der Waals surface area contributed by atoms with Crippen molar-refractivity contribution in [2.75, 3.05) is 20.7 Å². The maximum absolute atomic E-state index is 11.7. The van der Waals surface area contributed by atoms with Crippen molar-refractivity contribution in [2.45, 2.75) is 31.3 Å². The molecule has 1 saturated heterocycles. The third-order valence-electron chi connectivity index (χ3n) is 3.77. The fourth-order valence-corrected chi connectivity index (χ4v) is 2.48. The number of nitrogens with one attached hydrogen (secondary N) is 1. The Kier molecular flexibility index (Phi) is 7.75. The highest BCUT2D eigenvalue weighted by Crippen LogP contribution is 2.24. The van der Waals surface area contributed by atoms with E-state index in [0.29, 0.717) is 13.0 Å². The Morgan fingerprint density at radius 1 is 1.52 bits per heavy atom. The van der Waals surface area contributed by atoms with E-state index in [0.717, 1.165) is 12.8 Å². The number of methoxy groups -OCH3 is 1. The molecule has 23 heavy (non-hydrogen) atoms. The van der Waals surface area contributed by atoms with Gasteiger partial charge in [0.05, 0.1) is 19.7 Å². The van der Waals surface area contributed by atoms with E-state index in [4.69, 9.17) is 14.3 Å². The highest BCUT2D eigenvalue weighted by Gasteiger charge is 2.32. The van der Waals surface area contributed by atoms with Crippen LogP contribution < -0.4 is 5.32 Å². The number of ether oxygens (including phenoxy) is 1. The summed E-state index contributed by atoms with van der Waals surface area (Å²) in [6.07, 6.45) is 4.86. The molecule has 0 saturated carbocycles. The smallest absolute Gasteiger partial charge is 0.307 e. The molecule has 9 nitrogen and oxygen atoms in total. The van der Waals surface area contributed by atoms with Crippen LogP contribution in [0.25, 0.3) is 0 Å². The monoisotopic (exact) mass is 327 g/mol. The minimum absolute atomic E-state index is 0.176. The standard InChI is InChI=1S/C13H19N3O4.CH2O2/c1-16-9(5-12(17)19-2)3-4-10(16)6-15-13(18)11-7-14-8-20-11;2-1-3/h7-10H,3-6H2,1-2H3,(H,15,18);1H,(H,2,3)/t9-,10+;/m1./s1. The summed E-state index contributed by atoms with van der Waals surface area (Å²) < 4.78 is 9.62. The predicted octanol–water partition coefficient (Wildman–Crippen LogP) is 0.131. The first kappa shape index (κ1) is 18.6. The van der Waals surface area contributed by atoms with Gasteiger partial charge in [0.2, 0.25) is 5.76 Å². The maximum Gasteiger partial charge on any atom is 0.307 e. The number of carboxylic acid groups (broad SMARTS) is 1. The molecule has 0 aromatic carbocycles. The second-order valence-electron chi connectivity index (χ2n) is 5.01. The first-order valence-corrected chi connectivity index (χ1v) is 7.06. The molecule has 2 rings (SSSR count). The number of carbonyl (C=O) groups excluding carboxylic acids is 2. The van der Waals surface area contributed by atoms with Gasteiger partial charge in [0.15, 0.2) is 6.39 Å². The highest BCUT2D eigenvalue weighted by atomic mass is 16.5. The quantitative estimate of drug-likeness (QED) is 0.578. The van der Waals surface area contributed by atoms with Crippen LogP contribution in [0.3, 0.4) is 0 Å². The largest absolute Gasteiger partial charge is 0.483 e. The first-order chi connectivity index (χ1) is 11.0. The number of carbonyl (C=O) groups is 3. The Hall–Kier alpha value is -2.42. The van der Waals surface area contributed by atoms with Crippen molar-refractivity contribution in [3.8, 4) is 0 Å². The van der Waals surface area contributed by atoms with Crippen LogP contribution in [0.4, 0.5) is 0 Å². The van der Waals surface area contributed by atoms with E-state index in [2.05, 4.69) is 19.9 Å². The minimum Gasteiger partial charge on any atom is -0.483 e. The number of esters is 1. The van der Waals surface area contributed by atoms with Crippen molar-refractivity contribution in [3.05, 3.63) is 18.4 Å². The molecule has 0 aliphatic carbocycles. The highest BCUT2D eigenvalue weighted by molar-refractivity contribution is 5.91. The van der Waals surface area contributed by atoms with Gasteiger partial charge in [-0.05, 0) is 19.9 Å². The van der Waals surface area contributed by atoms with Crippen LogP contribution in [0.15, 0.2) is 17.0 Å². The number of oxazole rings is 1. The molecule has 1 amide bonds. The zero-order valence-electron chi connectivity index (χ0n) is 13.1. The van der Waals surface area contributed by atoms with Gasteiger partial charge < -0.3 is 19.6 Å². The number of amides is 1. The van der Waals surface area contributed by atoms with Crippen LogP contribution in [0, 0.1) is 0 Å². The first-order valence-electron chi connectivity index (χ1n) is 7.06. The average molecular weight is 327 g/mol. The summed E-state index contributed by atoms with van der Waals surface area (Å²) >= 11 is 0. The molecule has 128 valence electrons. The summed E-state index contributed by atoms with van der Waals surface area (Å²) in [5.41, 5.74) is 0. The van der Waals surface area contributed by atoms with Crippen molar-refractivity contribution in [1.82, 2.24) is 15.2 Å². The van der Waals surface area contributed by atoms with E-state index >= 15 is 0 Å². The minimum atomic E-state index is -0.271. The van der Waals surface area contributed by atoms with Crippen molar-refractivity contribution >= 4 is 18.3 Å². The van der Waals surface area contributed by atoms with Crippen LogP contribution in [-0.2, 0) is 14.3 Å². The van der Waals surface area contributed by atoms with Crippen molar-refractivity contribution in [1.29, 1.82) is 0 Å². The number of hydrogen-bond donors (Lipinski definition) is 2. The summed E-state index contributed by atoms with van der Waals surface area (Å²) in [4.78, 5) is 37.2. The summed E-state index contributed by atoms with van der Waals surface area (Å²) in [6, 6.07) is 0.395. The zero-order valence-corrected chi connectivity index (χ0v) is 13.1. The van der Waals surface area contributed by atoms with E-state index < -0.39 is 0 Å². The fraction of sp³-hybridized carbons (Fsp3) is 0.571. The van der Waals surface area contributed by atoms with Crippen molar-refractivity contribution in [2.24, 2.45) is 0 Å². The number of rotatable bonds is 5. The number of hydrogen-bond acceptors (Lipinski definition) is 7. The predicted molar refractivity (Wildman–Crippen MR) is 78.7 cm³/mol. The summed E-state index contributed by atoms with van der Waals surface area (Å²) in [7, 11) is 3.36. The molecule has 1 aromatic heterocycles. The average Bonchev–Trinajstić information content (AvgIpc) is 3.17. The van der Waals surface area contributed by atoms with Crippen LogP contribution in [0.2, 0.25) is 0 Å². The van der Waals surface area contributed by atoms with Crippen molar-refractivity contribution in [3.63, 3.8) is 0 Å². The van der Waals surface area contributed by atoms with Crippen LogP contribution in [0.1, 0.15) is 29.8 Å². The number of aromatic nitrogens is 1. The van der Waals surface area contributed by atoms with Gasteiger partial charge in [-0.1, -0.05) is 0 Å². The zero-order chi connectivity index (χ0) is 17.2. The molecule has 1 fully saturated rings. The molecular weight excluding hydrogens is 306 g/mol. The van der Waals surface area contributed by atoms with E-state index in [1.807, 2.05) is 7.05 Å². The lowest BCUT2D eigenvalue weighted by atomic mass is 10.1. The summed E-state index contributed by atoms with van der Waals surface area (Å²) in [5, 5.41) is 9.70. The van der Waals surface area contributed by atoms with E-state index in [1.165, 1.54) is 19.7 Å². The molecule has 2 N–H and O–H groups in total. The summed E-state index contributed by atoms with van der Waals surface area (Å²) in [6.45, 7) is 0.272. The normalized spacial score (nSPS) is 20.3. The Labute approximate surface area is 133 Å². The third-order valence-corrected chi connectivity index (χ3v) is 3.77. The maximum atomic E-state index is 11.7. The number of nitrogens with zero attached hydrogens (tertiary/aromatic N) is 2. The number of likely N-dealkylation sites (tertiary alicyclic amines) is 1. The SMILES string of the molecule is COC(=O)C[C@H]1CC[C@@H](CNC(=O)c2cnco2)N1C.O=CO. The van der Waals surface area contributed by atoms with Gasteiger partial charge in [-0.25, -0.2) is 4.98 Å². The fourth-order valence-electron chi connectivity index (χ4n) is 2.48. The topological polar surface area (TPSA) is 122 Å². The molecule has 9 heteroatoms. The lowest BCUT2D eigenvalue weighted by molar-refractivity contribution is -0.141. The van der Waals surface area contributed by atoms with Gasteiger partial charge in [0.25, 0.3) is 12.4 Å². The molecule has 2 atom stereocenters. The van der Waals surface area contributed by atoms with Gasteiger partial charge in [0, 0.05) is 18.6 Å². The van der Waals surface area contributed by atoms with Crippen LogP contribution in [0.5, 0.6) is 0 Å². The lowest BCUT2D eigenvalue weighted by Gasteiger charge is -2.25. The van der Waals surface area contributed by atoms with Gasteiger partial charge in [0.1, 0.15) is 0 Å². The molecule has 1 aromatic rings. The van der Waals surface area contributed by atoms with Gasteiger partial charge >= 0.3 is 5.97 Å². The second-order valence-corrected chi connectivity index (χ2v) is 5.01. The Morgan fingerprint density at radius 2 is 2.17 bits per heavy atom.